The molecule has 5 N–H and O–H groups in total. The topological polar surface area (TPSA) is 129 Å². The number of primary amides is 1. The lowest BCUT2D eigenvalue weighted by Crippen LogP contribution is -2.12. The molecule has 1 unspecified atom stereocenters. The Morgan fingerprint density at radius 1 is 1.09 bits per heavy atom. The van der Waals surface area contributed by atoms with Crippen LogP contribution in [0.3, 0.4) is 0 Å². The maximum absolute atomic E-state index is 13.1. The number of amides is 1. The van der Waals surface area contributed by atoms with Gasteiger partial charge in [-0.2, -0.15) is 0 Å². The summed E-state index contributed by atoms with van der Waals surface area (Å²) in [4.78, 5) is 22.8. The van der Waals surface area contributed by atoms with E-state index < -0.39 is 24.6 Å². The van der Waals surface area contributed by atoms with Crippen LogP contribution < -0.4 is 16.2 Å². The number of carbonyl (C=O) groups is 2. The van der Waals surface area contributed by atoms with E-state index in [1.54, 1.807) is 12.3 Å². The van der Waals surface area contributed by atoms with E-state index in [1.165, 1.54) is 18.2 Å². The number of furan rings is 1. The Bertz CT molecular complexity index is 1360. The van der Waals surface area contributed by atoms with Gasteiger partial charge in [0.1, 0.15) is 24.6 Å². The summed E-state index contributed by atoms with van der Waals surface area (Å²) >= 11 is 0. The van der Waals surface area contributed by atoms with Gasteiger partial charge in [0.2, 0.25) is 5.91 Å². The van der Waals surface area contributed by atoms with Crippen molar-refractivity contribution in [2.24, 2.45) is 11.5 Å². The van der Waals surface area contributed by atoms with Crippen molar-refractivity contribution < 1.29 is 28.2 Å². The summed E-state index contributed by atoms with van der Waals surface area (Å²) < 4.78 is 24.7. The van der Waals surface area contributed by atoms with Crippen LogP contribution in [-0.2, 0) is 17.8 Å². The second kappa shape index (κ2) is 9.76. The third kappa shape index (κ3) is 4.92. The summed E-state index contributed by atoms with van der Waals surface area (Å²) in [6.07, 6.45) is 1.32. The van der Waals surface area contributed by atoms with Gasteiger partial charge in [-0.25, -0.2) is 4.39 Å². The molecule has 0 spiro atoms. The Morgan fingerprint density at radius 3 is 2.65 bits per heavy atom. The number of hydrogen-bond acceptors (Lipinski definition) is 5. The van der Waals surface area contributed by atoms with Crippen molar-refractivity contribution in [1.29, 1.82) is 0 Å². The van der Waals surface area contributed by atoms with Crippen molar-refractivity contribution in [2.45, 2.75) is 19.1 Å². The van der Waals surface area contributed by atoms with Crippen LogP contribution in [0.15, 0.2) is 71.3 Å². The number of aliphatic carboxylic acids is 1. The first-order chi connectivity index (χ1) is 16.4. The molecule has 1 amide bonds. The van der Waals surface area contributed by atoms with Gasteiger partial charge in [-0.15, -0.1) is 0 Å². The molecule has 1 atom stereocenters. The molecule has 0 aliphatic rings. The van der Waals surface area contributed by atoms with E-state index in [-0.39, 0.29) is 24.3 Å². The third-order valence-corrected chi connectivity index (χ3v) is 5.49. The molecule has 1 aromatic heterocycles. The van der Waals surface area contributed by atoms with Crippen molar-refractivity contribution in [3.05, 3.63) is 89.2 Å². The molecule has 0 saturated carbocycles. The predicted octanol–water partition coefficient (Wildman–Crippen LogP) is 4.37. The minimum Gasteiger partial charge on any atom is -0.489 e. The maximum atomic E-state index is 13.1. The number of alkyl halides is 1. The highest BCUT2D eigenvalue weighted by atomic mass is 19.1. The van der Waals surface area contributed by atoms with Gasteiger partial charge in [-0.1, -0.05) is 24.3 Å². The summed E-state index contributed by atoms with van der Waals surface area (Å²) in [7, 11) is 0. The fourth-order valence-corrected chi connectivity index (χ4v) is 3.78. The monoisotopic (exact) mass is 462 g/mol. The van der Waals surface area contributed by atoms with E-state index in [2.05, 4.69) is 0 Å². The van der Waals surface area contributed by atoms with Crippen LogP contribution >= 0.6 is 0 Å². The van der Waals surface area contributed by atoms with Crippen molar-refractivity contribution >= 4 is 22.8 Å². The van der Waals surface area contributed by atoms with Crippen LogP contribution in [0.25, 0.3) is 22.1 Å². The minimum absolute atomic E-state index is 0.104. The van der Waals surface area contributed by atoms with E-state index in [4.69, 9.17) is 20.6 Å². The van der Waals surface area contributed by atoms with Crippen LogP contribution in [-0.4, -0.2) is 23.7 Å². The van der Waals surface area contributed by atoms with E-state index in [9.17, 15) is 19.1 Å². The largest absolute Gasteiger partial charge is 0.489 e. The van der Waals surface area contributed by atoms with E-state index >= 15 is 0 Å². The van der Waals surface area contributed by atoms with E-state index in [0.717, 1.165) is 22.1 Å². The third-order valence-electron chi connectivity index (χ3n) is 5.49. The molecule has 174 valence electrons. The summed E-state index contributed by atoms with van der Waals surface area (Å²) in [6, 6.07) is 16.6. The van der Waals surface area contributed by atoms with E-state index in [1.807, 2.05) is 36.4 Å². The Kier molecular flexibility index (Phi) is 6.60. The summed E-state index contributed by atoms with van der Waals surface area (Å²) in [6.45, 7) is -0.566. The first-order valence-electron chi connectivity index (χ1n) is 10.5. The highest BCUT2D eigenvalue weighted by Crippen LogP contribution is 2.33. The molecule has 0 bridgehead atoms. The van der Waals surface area contributed by atoms with Gasteiger partial charge >= 0.3 is 5.97 Å². The zero-order valence-electron chi connectivity index (χ0n) is 18.2. The molecule has 0 saturated heterocycles. The number of fused-ring (bicyclic) bond motifs is 1. The zero-order chi connectivity index (χ0) is 24.2. The average molecular weight is 462 g/mol. The smallest absolute Gasteiger partial charge is 0.307 e. The highest BCUT2D eigenvalue weighted by Gasteiger charge is 2.15. The molecule has 4 rings (SSSR count). The predicted molar refractivity (Wildman–Crippen MR) is 125 cm³/mol. The summed E-state index contributed by atoms with van der Waals surface area (Å²) in [5.74, 6) is -1.39. The molecule has 8 heteroatoms. The maximum Gasteiger partial charge on any atom is 0.307 e. The van der Waals surface area contributed by atoms with Crippen molar-refractivity contribution in [1.82, 2.24) is 0 Å². The standard InChI is InChI=1S/C26H23FN2O5/c27-13-22(28)17-3-1-2-16(10-17)21-9-15(8-19-6-7-33-25(19)21)14-34-23-11-20(26(29)32)5-4-18(23)12-24(30)31/h1-11,22H,12-14,28H2,(H2,29,32)(H,30,31). The van der Waals surface area contributed by atoms with Crippen LogP contribution in [0.2, 0.25) is 0 Å². The number of carbonyl (C=O) groups excluding carboxylic acids is 1. The lowest BCUT2D eigenvalue weighted by atomic mass is 9.97. The summed E-state index contributed by atoms with van der Waals surface area (Å²) in [5, 5.41) is 10.0. The average Bonchev–Trinajstić information content (AvgIpc) is 3.30. The van der Waals surface area contributed by atoms with Crippen LogP contribution in [0, 0.1) is 0 Å². The number of hydrogen-bond donors (Lipinski definition) is 3. The number of rotatable bonds is 9. The fraction of sp³-hybridized carbons (Fsp3) is 0.154. The van der Waals surface area contributed by atoms with Gasteiger partial charge in [0.15, 0.2) is 0 Å². The molecule has 3 aromatic carbocycles. The number of carboxylic acid groups (broad SMARTS) is 1. The zero-order valence-corrected chi connectivity index (χ0v) is 18.2. The van der Waals surface area contributed by atoms with Crippen molar-refractivity contribution in [2.75, 3.05) is 6.67 Å². The number of benzene rings is 3. The Morgan fingerprint density at radius 2 is 1.91 bits per heavy atom. The van der Waals surface area contributed by atoms with Crippen molar-refractivity contribution in [3.8, 4) is 16.9 Å². The normalized spacial score (nSPS) is 11.9. The quantitative estimate of drug-likeness (QED) is 0.339. The molecule has 34 heavy (non-hydrogen) atoms. The van der Waals surface area contributed by atoms with Gasteiger partial charge in [0.25, 0.3) is 0 Å². The van der Waals surface area contributed by atoms with Crippen LogP contribution in [0.4, 0.5) is 4.39 Å². The van der Waals surface area contributed by atoms with Crippen LogP contribution in [0.1, 0.15) is 33.1 Å². The number of carboxylic acids is 1. The minimum atomic E-state index is -1.02. The number of halogens is 1. The fourth-order valence-electron chi connectivity index (χ4n) is 3.78. The molecular formula is C26H23FN2O5. The molecule has 1 heterocycles. The Balaban J connectivity index is 1.69. The van der Waals surface area contributed by atoms with Gasteiger partial charge in [0.05, 0.1) is 18.7 Å². The lowest BCUT2D eigenvalue weighted by molar-refractivity contribution is -0.136. The van der Waals surface area contributed by atoms with Gasteiger partial charge < -0.3 is 25.7 Å². The molecule has 7 nitrogen and oxygen atoms in total. The molecule has 0 aliphatic heterocycles. The van der Waals surface area contributed by atoms with Gasteiger partial charge in [-0.3, -0.25) is 9.59 Å². The molecule has 0 aliphatic carbocycles. The SMILES string of the molecule is NC(=O)c1ccc(CC(=O)O)c(OCc2cc(-c3cccc(C(N)CF)c3)c3occc3c2)c1. The second-order valence-corrected chi connectivity index (χ2v) is 7.91. The first-order valence-corrected chi connectivity index (χ1v) is 10.5. The molecule has 0 radical (unpaired) electrons. The lowest BCUT2D eigenvalue weighted by Gasteiger charge is -2.14. The van der Waals surface area contributed by atoms with Gasteiger partial charge in [0, 0.05) is 22.1 Å². The van der Waals surface area contributed by atoms with Crippen LogP contribution in [0.5, 0.6) is 5.75 Å². The van der Waals surface area contributed by atoms with Crippen molar-refractivity contribution in [3.63, 3.8) is 0 Å². The highest BCUT2D eigenvalue weighted by molar-refractivity contribution is 5.94. The molecule has 4 aromatic rings. The first kappa shape index (κ1) is 23.0. The number of nitrogens with two attached hydrogens (primary N) is 2. The molecular weight excluding hydrogens is 439 g/mol. The Labute approximate surface area is 194 Å². The summed E-state index contributed by atoms with van der Waals surface area (Å²) in [5.41, 5.74) is 15.6. The van der Waals surface area contributed by atoms with Gasteiger partial charge in [-0.05, 0) is 53.1 Å². The second-order valence-electron chi connectivity index (χ2n) is 7.91. The number of ether oxygens (including phenoxy) is 1. The molecule has 0 fully saturated rings. The van der Waals surface area contributed by atoms with E-state index in [0.29, 0.717) is 16.7 Å². The Hall–Kier alpha value is -4.17.